The van der Waals surface area contributed by atoms with Crippen molar-refractivity contribution in [1.82, 2.24) is 0 Å². The SMILES string of the molecule is CCC(c1ccccc1)c1ccc(C)c(O)c1. The Balaban J connectivity index is 2.39. The number of aryl methyl sites for hydroxylation is 1. The van der Waals surface area contributed by atoms with Crippen molar-refractivity contribution in [3.05, 3.63) is 65.2 Å². The van der Waals surface area contributed by atoms with E-state index in [2.05, 4.69) is 37.3 Å². The van der Waals surface area contributed by atoms with Crippen LogP contribution in [0.1, 0.15) is 36.0 Å². The lowest BCUT2D eigenvalue weighted by Gasteiger charge is -2.16. The zero-order chi connectivity index (χ0) is 12.3. The molecule has 88 valence electrons. The molecule has 2 aromatic carbocycles. The third kappa shape index (κ3) is 2.50. The normalized spacial score (nSPS) is 12.4. The molecule has 0 saturated heterocycles. The highest BCUT2D eigenvalue weighted by atomic mass is 16.3. The molecule has 1 atom stereocenters. The van der Waals surface area contributed by atoms with Crippen molar-refractivity contribution in [3.63, 3.8) is 0 Å². The van der Waals surface area contributed by atoms with Crippen LogP contribution in [-0.2, 0) is 0 Å². The molecular formula is C16H18O. The summed E-state index contributed by atoms with van der Waals surface area (Å²) < 4.78 is 0. The fourth-order valence-corrected chi connectivity index (χ4v) is 2.19. The maximum atomic E-state index is 9.79. The van der Waals surface area contributed by atoms with Gasteiger partial charge < -0.3 is 5.11 Å². The number of phenols is 1. The van der Waals surface area contributed by atoms with Crippen molar-refractivity contribution in [3.8, 4) is 5.75 Å². The van der Waals surface area contributed by atoms with Crippen molar-refractivity contribution < 1.29 is 5.11 Å². The zero-order valence-electron chi connectivity index (χ0n) is 10.4. The number of phenolic OH excluding ortho intramolecular Hbond substituents is 1. The summed E-state index contributed by atoms with van der Waals surface area (Å²) in [7, 11) is 0. The molecule has 17 heavy (non-hydrogen) atoms. The van der Waals surface area contributed by atoms with Crippen LogP contribution in [0.2, 0.25) is 0 Å². The molecule has 2 rings (SSSR count). The molecular weight excluding hydrogens is 208 g/mol. The van der Waals surface area contributed by atoms with Gasteiger partial charge in [-0.05, 0) is 36.1 Å². The number of rotatable bonds is 3. The third-order valence-electron chi connectivity index (χ3n) is 3.25. The van der Waals surface area contributed by atoms with Crippen molar-refractivity contribution in [2.45, 2.75) is 26.2 Å². The molecule has 0 aliphatic carbocycles. The molecule has 0 amide bonds. The Morgan fingerprint density at radius 3 is 2.29 bits per heavy atom. The van der Waals surface area contributed by atoms with Crippen LogP contribution in [0, 0.1) is 6.92 Å². The van der Waals surface area contributed by atoms with Crippen LogP contribution in [0.5, 0.6) is 5.75 Å². The first-order valence-corrected chi connectivity index (χ1v) is 6.07. The van der Waals surface area contributed by atoms with Gasteiger partial charge in [0, 0.05) is 5.92 Å². The monoisotopic (exact) mass is 226 g/mol. The Hall–Kier alpha value is -1.76. The molecule has 0 aliphatic rings. The van der Waals surface area contributed by atoms with E-state index in [4.69, 9.17) is 0 Å². The maximum absolute atomic E-state index is 9.79. The second-order valence-electron chi connectivity index (χ2n) is 4.42. The minimum absolute atomic E-state index is 0.364. The highest BCUT2D eigenvalue weighted by Gasteiger charge is 2.12. The van der Waals surface area contributed by atoms with Crippen molar-refractivity contribution in [1.29, 1.82) is 0 Å². The lowest BCUT2D eigenvalue weighted by Crippen LogP contribution is -1.99. The van der Waals surface area contributed by atoms with Gasteiger partial charge >= 0.3 is 0 Å². The minimum atomic E-state index is 0.364. The Morgan fingerprint density at radius 2 is 1.71 bits per heavy atom. The molecule has 0 spiro atoms. The fraction of sp³-hybridized carbons (Fsp3) is 0.250. The van der Waals surface area contributed by atoms with E-state index in [1.165, 1.54) is 11.1 Å². The van der Waals surface area contributed by atoms with Gasteiger partial charge in [0.15, 0.2) is 0 Å². The Bertz CT molecular complexity index is 488. The van der Waals surface area contributed by atoms with Gasteiger partial charge in [0.2, 0.25) is 0 Å². The molecule has 0 saturated carbocycles. The van der Waals surface area contributed by atoms with E-state index >= 15 is 0 Å². The summed E-state index contributed by atoms with van der Waals surface area (Å²) in [6.07, 6.45) is 1.03. The van der Waals surface area contributed by atoms with E-state index in [-0.39, 0.29) is 0 Å². The van der Waals surface area contributed by atoms with Crippen molar-refractivity contribution >= 4 is 0 Å². The number of hydrogen-bond donors (Lipinski definition) is 1. The van der Waals surface area contributed by atoms with E-state index in [0.29, 0.717) is 11.7 Å². The molecule has 0 heterocycles. The van der Waals surface area contributed by atoms with Crippen molar-refractivity contribution in [2.24, 2.45) is 0 Å². The van der Waals surface area contributed by atoms with Crippen molar-refractivity contribution in [2.75, 3.05) is 0 Å². The third-order valence-corrected chi connectivity index (χ3v) is 3.25. The first kappa shape index (κ1) is 11.7. The molecule has 0 aromatic heterocycles. The van der Waals surface area contributed by atoms with Gasteiger partial charge in [-0.1, -0.05) is 49.4 Å². The molecule has 0 fully saturated rings. The van der Waals surface area contributed by atoms with Gasteiger partial charge in [0.25, 0.3) is 0 Å². The lowest BCUT2D eigenvalue weighted by atomic mass is 9.88. The van der Waals surface area contributed by atoms with Crippen LogP contribution in [0.3, 0.4) is 0 Å². The number of hydrogen-bond acceptors (Lipinski definition) is 1. The molecule has 1 heteroatoms. The smallest absolute Gasteiger partial charge is 0.118 e. The summed E-state index contributed by atoms with van der Waals surface area (Å²) in [4.78, 5) is 0. The van der Waals surface area contributed by atoms with Crippen LogP contribution < -0.4 is 0 Å². The highest BCUT2D eigenvalue weighted by molar-refractivity contribution is 5.40. The molecule has 0 bridgehead atoms. The summed E-state index contributed by atoms with van der Waals surface area (Å²) in [6.45, 7) is 4.09. The molecule has 1 N–H and O–H groups in total. The first-order valence-electron chi connectivity index (χ1n) is 6.07. The van der Waals surface area contributed by atoms with Gasteiger partial charge in [0.1, 0.15) is 5.75 Å². The predicted molar refractivity (Wildman–Crippen MR) is 71.4 cm³/mol. The Kier molecular flexibility index (Phi) is 3.48. The summed E-state index contributed by atoms with van der Waals surface area (Å²) in [5, 5.41) is 9.79. The second-order valence-corrected chi connectivity index (χ2v) is 4.42. The Morgan fingerprint density at radius 1 is 1.00 bits per heavy atom. The average molecular weight is 226 g/mol. The molecule has 0 radical (unpaired) electrons. The van der Waals surface area contributed by atoms with Crippen LogP contribution in [-0.4, -0.2) is 5.11 Å². The summed E-state index contributed by atoms with van der Waals surface area (Å²) in [6, 6.07) is 16.4. The zero-order valence-corrected chi connectivity index (χ0v) is 10.4. The van der Waals surface area contributed by atoms with E-state index in [1.807, 2.05) is 25.1 Å². The largest absolute Gasteiger partial charge is 0.508 e. The highest BCUT2D eigenvalue weighted by Crippen LogP contribution is 2.30. The predicted octanol–water partition coefficient (Wildman–Crippen LogP) is 4.24. The second kappa shape index (κ2) is 5.05. The van der Waals surface area contributed by atoms with E-state index in [1.54, 1.807) is 0 Å². The van der Waals surface area contributed by atoms with Gasteiger partial charge in [-0.15, -0.1) is 0 Å². The van der Waals surface area contributed by atoms with Crippen LogP contribution in [0.15, 0.2) is 48.5 Å². The average Bonchev–Trinajstić information content (AvgIpc) is 2.36. The molecule has 1 unspecified atom stereocenters. The summed E-state index contributed by atoms with van der Waals surface area (Å²) in [5.41, 5.74) is 3.41. The van der Waals surface area contributed by atoms with E-state index in [0.717, 1.165) is 12.0 Å². The van der Waals surface area contributed by atoms with Crippen LogP contribution in [0.25, 0.3) is 0 Å². The maximum Gasteiger partial charge on any atom is 0.118 e. The van der Waals surface area contributed by atoms with Gasteiger partial charge in [-0.25, -0.2) is 0 Å². The molecule has 1 nitrogen and oxygen atoms in total. The minimum Gasteiger partial charge on any atom is -0.508 e. The number of benzene rings is 2. The molecule has 0 aliphatic heterocycles. The first-order chi connectivity index (χ1) is 8.22. The van der Waals surface area contributed by atoms with Gasteiger partial charge in [-0.2, -0.15) is 0 Å². The number of aromatic hydroxyl groups is 1. The topological polar surface area (TPSA) is 20.2 Å². The standard InChI is InChI=1S/C16H18O/c1-3-15(13-7-5-4-6-8-13)14-10-9-12(2)16(17)11-14/h4-11,15,17H,3H2,1-2H3. The Labute approximate surface area is 103 Å². The summed E-state index contributed by atoms with van der Waals surface area (Å²) >= 11 is 0. The van der Waals surface area contributed by atoms with Gasteiger partial charge in [-0.3, -0.25) is 0 Å². The summed E-state index contributed by atoms with van der Waals surface area (Å²) in [5.74, 6) is 0.750. The quantitative estimate of drug-likeness (QED) is 0.829. The van der Waals surface area contributed by atoms with E-state index < -0.39 is 0 Å². The van der Waals surface area contributed by atoms with E-state index in [9.17, 15) is 5.11 Å². The van der Waals surface area contributed by atoms with Gasteiger partial charge in [0.05, 0.1) is 0 Å². The fourth-order valence-electron chi connectivity index (χ4n) is 2.19. The van der Waals surface area contributed by atoms with Crippen LogP contribution >= 0.6 is 0 Å². The lowest BCUT2D eigenvalue weighted by molar-refractivity contribution is 0.470. The van der Waals surface area contributed by atoms with Crippen LogP contribution in [0.4, 0.5) is 0 Å². The molecule has 2 aromatic rings.